The summed E-state index contributed by atoms with van der Waals surface area (Å²) in [5, 5.41) is 7.85. The van der Waals surface area contributed by atoms with Crippen molar-refractivity contribution in [2.45, 2.75) is 0 Å². The molecule has 212 valence electrons. The van der Waals surface area contributed by atoms with Crippen LogP contribution < -0.4 is 5.14 Å². The van der Waals surface area contributed by atoms with E-state index in [1.807, 2.05) is 97.1 Å². The molecule has 1 atom stereocenters. The Morgan fingerprint density at radius 3 is 0.932 bits per heavy atom. The van der Waals surface area contributed by atoms with E-state index in [1.54, 1.807) is 0 Å². The van der Waals surface area contributed by atoms with Crippen LogP contribution in [0.3, 0.4) is 0 Å². The summed E-state index contributed by atoms with van der Waals surface area (Å²) in [5.41, 5.74) is 6.45. The first-order chi connectivity index (χ1) is 21.5. The van der Waals surface area contributed by atoms with Crippen LogP contribution in [0.25, 0.3) is 89.7 Å². The molecule has 5 heterocycles. The van der Waals surface area contributed by atoms with Gasteiger partial charge in [0, 0.05) is 55.1 Å². The summed E-state index contributed by atoms with van der Waals surface area (Å²) < 4.78 is 17.6. The second-order valence-electron chi connectivity index (χ2n) is 10.1. The first-order valence-electron chi connectivity index (χ1n) is 13.6. The van der Waals surface area contributed by atoms with Crippen LogP contribution in [0.5, 0.6) is 0 Å². The molecule has 4 N–H and O–H groups in total. The van der Waals surface area contributed by atoms with Gasteiger partial charge in [-0.1, -0.05) is 97.1 Å². The van der Waals surface area contributed by atoms with Crippen molar-refractivity contribution < 1.29 is 8.76 Å². The maximum Gasteiger partial charge on any atom is 0.164 e. The van der Waals surface area contributed by atoms with Crippen molar-refractivity contribution in [3.05, 3.63) is 97.1 Å². The van der Waals surface area contributed by atoms with Gasteiger partial charge in [0.05, 0.1) is 0 Å². The molecule has 8 bridgehead atoms. The SMILES string of the molecule is NS(=O)[O-].c1ccc2c(c1)-c1nc-2nc2[nH]c(nc3nc(nc4[nH]c(n1)c1ccccc41)-c1ccccc1-3)c1ccccc21. The van der Waals surface area contributed by atoms with Crippen molar-refractivity contribution in [1.82, 2.24) is 39.9 Å². The van der Waals surface area contributed by atoms with Gasteiger partial charge in [0.25, 0.3) is 0 Å². The molecule has 0 aliphatic carbocycles. The predicted molar refractivity (Wildman–Crippen MR) is 169 cm³/mol. The van der Waals surface area contributed by atoms with Crippen LogP contribution in [0, 0.1) is 0 Å². The molecule has 0 fully saturated rings. The van der Waals surface area contributed by atoms with Crippen molar-refractivity contribution in [3.8, 4) is 45.6 Å². The average Bonchev–Trinajstić information content (AvgIpc) is 3.76. The first-order valence-corrected chi connectivity index (χ1v) is 14.7. The number of nitrogens with zero attached hydrogens (tertiary/aromatic N) is 6. The summed E-state index contributed by atoms with van der Waals surface area (Å²) in [5.74, 6) is 2.39. The Balaban J connectivity index is 0.000000684. The zero-order chi connectivity index (χ0) is 29.8. The molecule has 7 aromatic rings. The molecule has 12 heteroatoms. The molecule has 9 rings (SSSR count). The molecular formula is C32H20N9O2S-. The quantitative estimate of drug-likeness (QED) is 0.190. The first kappa shape index (κ1) is 26.0. The minimum atomic E-state index is -2.36. The van der Waals surface area contributed by atoms with Gasteiger partial charge in [-0.3, -0.25) is 9.35 Å². The van der Waals surface area contributed by atoms with Crippen molar-refractivity contribution in [3.63, 3.8) is 0 Å². The summed E-state index contributed by atoms with van der Waals surface area (Å²) >= 11 is -2.36. The number of nitrogens with two attached hydrogens (primary N) is 1. The Labute approximate surface area is 251 Å². The van der Waals surface area contributed by atoms with Crippen molar-refractivity contribution >= 4 is 55.4 Å². The van der Waals surface area contributed by atoms with E-state index in [0.29, 0.717) is 45.9 Å². The number of rotatable bonds is 0. The smallest absolute Gasteiger partial charge is 0.164 e. The number of benzene rings is 4. The molecule has 44 heavy (non-hydrogen) atoms. The number of nitrogens with one attached hydrogen (secondary N) is 2. The van der Waals surface area contributed by atoms with Crippen LogP contribution in [-0.4, -0.2) is 48.6 Å². The van der Waals surface area contributed by atoms with Crippen molar-refractivity contribution in [2.24, 2.45) is 5.14 Å². The van der Waals surface area contributed by atoms with Gasteiger partial charge in [0.1, 0.15) is 22.6 Å². The molecule has 0 saturated heterocycles. The fraction of sp³-hybridized carbons (Fsp3) is 0. The van der Waals surface area contributed by atoms with Gasteiger partial charge in [-0.25, -0.2) is 29.9 Å². The largest absolute Gasteiger partial charge is 0.760 e. The highest BCUT2D eigenvalue weighted by Crippen LogP contribution is 2.36. The topological polar surface area (TPSA) is 175 Å². The lowest BCUT2D eigenvalue weighted by atomic mass is 10.1. The highest BCUT2D eigenvalue weighted by atomic mass is 32.2. The van der Waals surface area contributed by atoms with Crippen LogP contribution in [0.2, 0.25) is 0 Å². The molecule has 0 saturated carbocycles. The van der Waals surface area contributed by atoms with Gasteiger partial charge in [-0.15, -0.1) is 0 Å². The fourth-order valence-electron chi connectivity index (χ4n) is 5.59. The molecule has 2 aliphatic heterocycles. The van der Waals surface area contributed by atoms with E-state index >= 15 is 0 Å². The Hall–Kier alpha value is -5.69. The minimum absolute atomic E-state index is 0.597. The fourth-order valence-corrected chi connectivity index (χ4v) is 5.59. The molecule has 3 aromatic heterocycles. The van der Waals surface area contributed by atoms with E-state index < -0.39 is 11.3 Å². The lowest BCUT2D eigenvalue weighted by molar-refractivity contribution is 0.538. The van der Waals surface area contributed by atoms with Gasteiger partial charge in [-0.05, 0) is 0 Å². The highest BCUT2D eigenvalue weighted by Gasteiger charge is 2.21. The average molecular weight is 595 g/mol. The van der Waals surface area contributed by atoms with Crippen LogP contribution in [0.1, 0.15) is 0 Å². The van der Waals surface area contributed by atoms with E-state index in [-0.39, 0.29) is 0 Å². The monoisotopic (exact) mass is 594 g/mol. The molecule has 0 radical (unpaired) electrons. The number of fused-ring (bicyclic) bond motifs is 20. The van der Waals surface area contributed by atoms with Gasteiger partial charge in [0.15, 0.2) is 23.3 Å². The Morgan fingerprint density at radius 1 is 0.455 bits per heavy atom. The summed E-state index contributed by atoms with van der Waals surface area (Å²) in [6.07, 6.45) is 0. The Morgan fingerprint density at radius 2 is 0.682 bits per heavy atom. The standard InChI is InChI=1S/C32H18N8.H3NO2S/c1-2-10-18-17(9-1)25-33-26(18)38-28-21-13-5-6-14-22(21)30(35-28)40-32-24-16-8-7-15-23(24)31(36-32)39-29-20-12-4-3-11-19(20)27(34-29)37-25;1-4(2)3/h1-16H,(H2,33,34,35,36,37,38,39,40);1H2,(H,2,3)/p-1. The molecule has 4 aromatic carbocycles. The van der Waals surface area contributed by atoms with E-state index in [2.05, 4.69) is 15.1 Å². The maximum atomic E-state index is 8.78. The van der Waals surface area contributed by atoms with E-state index in [4.69, 9.17) is 38.7 Å². The molecule has 1 unspecified atom stereocenters. The van der Waals surface area contributed by atoms with Crippen LogP contribution >= 0.6 is 0 Å². The Kier molecular flexibility index (Phi) is 6.05. The van der Waals surface area contributed by atoms with Crippen LogP contribution in [0.15, 0.2) is 97.1 Å². The summed E-state index contributed by atoms with van der Waals surface area (Å²) in [6, 6.07) is 32.2. The second-order valence-corrected chi connectivity index (χ2v) is 10.6. The molecule has 2 aliphatic rings. The van der Waals surface area contributed by atoms with E-state index in [9.17, 15) is 0 Å². The summed E-state index contributed by atoms with van der Waals surface area (Å²) in [4.78, 5) is 36.8. The summed E-state index contributed by atoms with van der Waals surface area (Å²) in [6.45, 7) is 0. The van der Waals surface area contributed by atoms with Gasteiger partial charge < -0.3 is 14.5 Å². The predicted octanol–water partition coefficient (Wildman–Crippen LogP) is 5.61. The Bertz CT molecular complexity index is 2150. The zero-order valence-electron chi connectivity index (χ0n) is 22.7. The van der Waals surface area contributed by atoms with Gasteiger partial charge in [0.2, 0.25) is 0 Å². The van der Waals surface area contributed by atoms with E-state index in [1.165, 1.54) is 0 Å². The van der Waals surface area contributed by atoms with Gasteiger partial charge >= 0.3 is 0 Å². The highest BCUT2D eigenvalue weighted by molar-refractivity contribution is 7.76. The summed E-state index contributed by atoms with van der Waals surface area (Å²) in [7, 11) is 0. The maximum absolute atomic E-state index is 8.78. The third-order valence-corrected chi connectivity index (χ3v) is 7.46. The van der Waals surface area contributed by atoms with Gasteiger partial charge in [-0.2, -0.15) is 0 Å². The van der Waals surface area contributed by atoms with Crippen molar-refractivity contribution in [2.75, 3.05) is 0 Å². The van der Waals surface area contributed by atoms with Crippen molar-refractivity contribution in [1.29, 1.82) is 0 Å². The molecule has 0 spiro atoms. The number of hydrogen-bond acceptors (Lipinski definition) is 8. The third-order valence-electron chi connectivity index (χ3n) is 7.46. The molecule has 11 nitrogen and oxygen atoms in total. The zero-order valence-corrected chi connectivity index (χ0v) is 23.5. The minimum Gasteiger partial charge on any atom is -0.760 e. The van der Waals surface area contributed by atoms with Crippen LogP contribution in [0.4, 0.5) is 0 Å². The normalized spacial score (nSPS) is 12.3. The number of hydrogen-bond donors (Lipinski definition) is 3. The lowest BCUT2D eigenvalue weighted by Crippen LogP contribution is -1.97. The number of aromatic amines is 2. The third kappa shape index (κ3) is 4.32. The number of H-pyrrole nitrogens is 2. The number of aromatic nitrogens is 8. The lowest BCUT2D eigenvalue weighted by Gasteiger charge is -1.96. The molecular weight excluding hydrogens is 574 g/mol. The molecule has 0 amide bonds. The second kappa shape index (κ2) is 10.2. The van der Waals surface area contributed by atoms with Crippen LogP contribution in [-0.2, 0) is 11.3 Å². The van der Waals surface area contributed by atoms with E-state index in [0.717, 1.165) is 43.8 Å².